The van der Waals surface area contributed by atoms with Crippen molar-refractivity contribution < 1.29 is 22.4 Å². The monoisotopic (exact) mass is 383 g/mol. The Morgan fingerprint density at radius 2 is 2.04 bits per heavy atom. The minimum Gasteiger partial charge on any atom is -0.467 e. The smallest absolute Gasteiger partial charge is 0.411 e. The number of amides is 1. The third-order valence-electron chi connectivity index (χ3n) is 5.46. The molecule has 0 spiro atoms. The lowest BCUT2D eigenvalue weighted by atomic mass is 9.84. The molecule has 5 nitrogen and oxygen atoms in total. The maximum atomic E-state index is 13.6. The lowest BCUT2D eigenvalue weighted by Gasteiger charge is -2.30. The standard InChI is InChI=1S/C19H24F3N3O2/c20-19(21,22)16(15-7-4-10-27-15)24-14(11-13-5-2-1-3-6-13)17(26)25-18(12-23)8-9-18/h4,7,10,13-14,16,24H,1-3,5-6,8-9,11H2,(H,25,26)/t14-,16+/m0/s1. The highest BCUT2D eigenvalue weighted by atomic mass is 19.4. The number of rotatable bonds is 7. The van der Waals surface area contributed by atoms with Crippen LogP contribution in [0.5, 0.6) is 0 Å². The normalized spacial score (nSPS) is 21.9. The van der Waals surface area contributed by atoms with E-state index in [1.165, 1.54) is 18.4 Å². The van der Waals surface area contributed by atoms with Gasteiger partial charge in [0.05, 0.1) is 18.4 Å². The largest absolute Gasteiger partial charge is 0.467 e. The first-order chi connectivity index (χ1) is 12.8. The molecule has 0 aromatic carbocycles. The zero-order valence-corrected chi connectivity index (χ0v) is 15.0. The average Bonchev–Trinajstić information content (AvgIpc) is 3.19. The van der Waals surface area contributed by atoms with Crippen molar-refractivity contribution in [3.8, 4) is 6.07 Å². The van der Waals surface area contributed by atoms with Crippen LogP contribution >= 0.6 is 0 Å². The van der Waals surface area contributed by atoms with E-state index in [1.54, 1.807) is 0 Å². The molecule has 0 radical (unpaired) electrons. The maximum Gasteiger partial charge on any atom is 0.411 e. The Kier molecular flexibility index (Phi) is 5.80. The first-order valence-electron chi connectivity index (χ1n) is 9.42. The van der Waals surface area contributed by atoms with Gasteiger partial charge in [0.15, 0.2) is 6.04 Å². The van der Waals surface area contributed by atoms with E-state index in [-0.39, 0.29) is 11.7 Å². The van der Waals surface area contributed by atoms with Gasteiger partial charge in [-0.15, -0.1) is 0 Å². The highest BCUT2D eigenvalue weighted by molar-refractivity contribution is 5.83. The van der Waals surface area contributed by atoms with Gasteiger partial charge in [0.1, 0.15) is 11.3 Å². The minimum absolute atomic E-state index is 0.199. The Labute approximate surface area is 156 Å². The van der Waals surface area contributed by atoms with Gasteiger partial charge >= 0.3 is 6.18 Å². The zero-order chi connectivity index (χ0) is 19.5. The van der Waals surface area contributed by atoms with Crippen molar-refractivity contribution in [3.05, 3.63) is 24.2 Å². The lowest BCUT2D eigenvalue weighted by molar-refractivity contribution is -0.165. The molecule has 2 aliphatic rings. The van der Waals surface area contributed by atoms with Crippen LogP contribution in [-0.4, -0.2) is 23.7 Å². The summed E-state index contributed by atoms with van der Waals surface area (Å²) in [5, 5.41) is 14.3. The van der Waals surface area contributed by atoms with E-state index in [9.17, 15) is 23.2 Å². The Bertz CT molecular complexity index is 671. The second-order valence-corrected chi connectivity index (χ2v) is 7.63. The van der Waals surface area contributed by atoms with Gasteiger partial charge in [0.25, 0.3) is 0 Å². The van der Waals surface area contributed by atoms with Crippen molar-refractivity contribution in [1.29, 1.82) is 5.26 Å². The molecule has 1 aromatic rings. The number of nitrogens with zero attached hydrogens (tertiary/aromatic N) is 1. The van der Waals surface area contributed by atoms with Gasteiger partial charge < -0.3 is 9.73 Å². The van der Waals surface area contributed by atoms with E-state index >= 15 is 0 Å². The van der Waals surface area contributed by atoms with Gasteiger partial charge in [-0.2, -0.15) is 18.4 Å². The van der Waals surface area contributed by atoms with E-state index in [2.05, 4.69) is 16.7 Å². The first kappa shape index (κ1) is 19.7. The predicted molar refractivity (Wildman–Crippen MR) is 91.3 cm³/mol. The summed E-state index contributed by atoms with van der Waals surface area (Å²) in [6.07, 6.45) is 2.97. The van der Waals surface area contributed by atoms with E-state index in [1.807, 2.05) is 0 Å². The summed E-state index contributed by atoms with van der Waals surface area (Å²) < 4.78 is 45.7. The quantitative estimate of drug-likeness (QED) is 0.746. The Morgan fingerprint density at radius 3 is 2.56 bits per heavy atom. The van der Waals surface area contributed by atoms with Crippen molar-refractivity contribution in [2.24, 2.45) is 5.92 Å². The van der Waals surface area contributed by atoms with Gasteiger partial charge in [-0.1, -0.05) is 32.1 Å². The van der Waals surface area contributed by atoms with E-state index in [0.717, 1.165) is 32.1 Å². The van der Waals surface area contributed by atoms with Crippen molar-refractivity contribution >= 4 is 5.91 Å². The summed E-state index contributed by atoms with van der Waals surface area (Å²) in [7, 11) is 0. The molecule has 1 aromatic heterocycles. The molecule has 2 N–H and O–H groups in total. The molecule has 0 bridgehead atoms. The summed E-state index contributed by atoms with van der Waals surface area (Å²) in [6, 6.07) is 1.59. The molecule has 2 aliphatic carbocycles. The summed E-state index contributed by atoms with van der Waals surface area (Å²) in [5.41, 5.74) is -0.915. The van der Waals surface area contributed by atoms with Gasteiger partial charge in [-0.3, -0.25) is 10.1 Å². The van der Waals surface area contributed by atoms with Gasteiger partial charge in [0.2, 0.25) is 5.91 Å². The van der Waals surface area contributed by atoms with Crippen LogP contribution in [0.3, 0.4) is 0 Å². The Morgan fingerprint density at radius 1 is 1.33 bits per heavy atom. The zero-order valence-electron chi connectivity index (χ0n) is 15.0. The number of hydrogen-bond donors (Lipinski definition) is 2. The Hall–Kier alpha value is -2.01. The summed E-state index contributed by atoms with van der Waals surface area (Å²) in [6.45, 7) is 0. The number of hydrogen-bond acceptors (Lipinski definition) is 4. The molecule has 0 saturated heterocycles. The molecule has 8 heteroatoms. The Balaban J connectivity index is 1.77. The topological polar surface area (TPSA) is 78.1 Å². The number of carbonyl (C=O) groups is 1. The molecule has 1 heterocycles. The fraction of sp³-hybridized carbons (Fsp3) is 0.684. The minimum atomic E-state index is -4.60. The fourth-order valence-corrected chi connectivity index (χ4v) is 3.71. The van der Waals surface area contributed by atoms with Crippen LogP contribution in [-0.2, 0) is 4.79 Å². The van der Waals surface area contributed by atoms with Crippen LogP contribution in [0.1, 0.15) is 63.2 Å². The number of nitriles is 1. The summed E-state index contributed by atoms with van der Waals surface area (Å²) in [5.74, 6) is -0.615. The van der Waals surface area contributed by atoms with Crippen LogP contribution in [0.25, 0.3) is 0 Å². The number of carbonyl (C=O) groups excluding carboxylic acids is 1. The van der Waals surface area contributed by atoms with Crippen molar-refractivity contribution in [1.82, 2.24) is 10.6 Å². The summed E-state index contributed by atoms with van der Waals surface area (Å²) >= 11 is 0. The maximum absolute atomic E-state index is 13.6. The van der Waals surface area contributed by atoms with Crippen LogP contribution in [0.4, 0.5) is 13.2 Å². The van der Waals surface area contributed by atoms with Crippen LogP contribution in [0.2, 0.25) is 0 Å². The van der Waals surface area contributed by atoms with Crippen LogP contribution < -0.4 is 10.6 Å². The van der Waals surface area contributed by atoms with Crippen LogP contribution in [0, 0.1) is 17.2 Å². The first-order valence-corrected chi connectivity index (χ1v) is 9.42. The second kappa shape index (κ2) is 7.93. The fourth-order valence-electron chi connectivity index (χ4n) is 3.71. The van der Waals surface area contributed by atoms with E-state index < -0.39 is 29.7 Å². The number of halogens is 3. The summed E-state index contributed by atoms with van der Waals surface area (Å²) in [4.78, 5) is 12.7. The number of nitrogens with one attached hydrogen (secondary N) is 2. The van der Waals surface area contributed by atoms with E-state index in [0.29, 0.717) is 19.3 Å². The van der Waals surface area contributed by atoms with Crippen molar-refractivity contribution in [2.45, 2.75) is 75.2 Å². The molecule has 27 heavy (non-hydrogen) atoms. The van der Waals surface area contributed by atoms with Gasteiger partial charge in [-0.05, 0) is 37.3 Å². The molecular weight excluding hydrogens is 359 g/mol. The van der Waals surface area contributed by atoms with Crippen molar-refractivity contribution in [2.75, 3.05) is 0 Å². The molecule has 2 saturated carbocycles. The average molecular weight is 383 g/mol. The van der Waals surface area contributed by atoms with Crippen LogP contribution in [0.15, 0.2) is 22.8 Å². The molecule has 3 rings (SSSR count). The predicted octanol–water partition coefficient (Wildman–Crippen LogP) is 3.98. The van der Waals surface area contributed by atoms with E-state index in [4.69, 9.17) is 4.42 Å². The third-order valence-corrected chi connectivity index (χ3v) is 5.46. The van der Waals surface area contributed by atoms with Gasteiger partial charge in [0, 0.05) is 0 Å². The molecule has 1 amide bonds. The highest BCUT2D eigenvalue weighted by Crippen LogP contribution is 2.37. The number of furan rings is 1. The second-order valence-electron chi connectivity index (χ2n) is 7.63. The lowest BCUT2D eigenvalue weighted by Crippen LogP contribution is -2.52. The number of alkyl halides is 3. The SMILES string of the molecule is N#CC1(NC(=O)[C@H](CC2CCCCC2)N[C@H](c2ccco2)C(F)(F)F)CC1. The molecule has 148 valence electrons. The van der Waals surface area contributed by atoms with Gasteiger partial charge in [-0.25, -0.2) is 0 Å². The third kappa shape index (κ3) is 5.04. The molecule has 0 unspecified atom stereocenters. The molecule has 2 atom stereocenters. The molecule has 0 aliphatic heterocycles. The highest BCUT2D eigenvalue weighted by Gasteiger charge is 2.48. The van der Waals surface area contributed by atoms with Crippen molar-refractivity contribution in [3.63, 3.8) is 0 Å². The molecular formula is C19H24F3N3O2. The molecule has 2 fully saturated rings.